The summed E-state index contributed by atoms with van der Waals surface area (Å²) in [5.74, 6) is -0.309. The zero-order valence-corrected chi connectivity index (χ0v) is 19.1. The summed E-state index contributed by atoms with van der Waals surface area (Å²) < 4.78 is 38.7. The molecule has 4 nitrogen and oxygen atoms in total. The van der Waals surface area contributed by atoms with Crippen LogP contribution in [0.1, 0.15) is 29.3 Å². The van der Waals surface area contributed by atoms with Gasteiger partial charge in [0, 0.05) is 43.1 Å². The van der Waals surface area contributed by atoms with Crippen LogP contribution >= 0.6 is 0 Å². The number of amides is 1. The van der Waals surface area contributed by atoms with Gasteiger partial charge in [0.15, 0.2) is 0 Å². The van der Waals surface area contributed by atoms with E-state index in [2.05, 4.69) is 22.0 Å². The van der Waals surface area contributed by atoms with E-state index >= 15 is 0 Å². The molecule has 0 spiro atoms. The molecule has 4 rings (SSSR count). The molecule has 1 saturated heterocycles. The van der Waals surface area contributed by atoms with Gasteiger partial charge in [-0.15, -0.1) is 0 Å². The van der Waals surface area contributed by atoms with Crippen molar-refractivity contribution in [3.05, 3.63) is 83.9 Å². The van der Waals surface area contributed by atoms with E-state index < -0.39 is 11.7 Å². The van der Waals surface area contributed by atoms with Gasteiger partial charge in [0.1, 0.15) is 0 Å². The second kappa shape index (κ2) is 10.3. The van der Waals surface area contributed by atoms with Crippen LogP contribution < -0.4 is 10.2 Å². The number of hydrogen-bond donors (Lipinski definition) is 1. The van der Waals surface area contributed by atoms with Crippen LogP contribution in [0.3, 0.4) is 0 Å². The van der Waals surface area contributed by atoms with Crippen molar-refractivity contribution in [1.29, 1.82) is 0 Å². The average Bonchev–Trinajstić information content (AvgIpc) is 2.85. The Morgan fingerprint density at radius 1 is 0.882 bits per heavy atom. The zero-order chi connectivity index (χ0) is 24.1. The van der Waals surface area contributed by atoms with Crippen LogP contribution in [-0.4, -0.2) is 43.5 Å². The topological polar surface area (TPSA) is 35.6 Å². The van der Waals surface area contributed by atoms with Crippen molar-refractivity contribution < 1.29 is 18.0 Å². The van der Waals surface area contributed by atoms with E-state index in [1.165, 1.54) is 12.1 Å². The number of halogens is 3. The molecule has 0 bridgehead atoms. The number of alkyl halides is 3. The molecule has 0 radical (unpaired) electrons. The van der Waals surface area contributed by atoms with E-state index in [0.717, 1.165) is 57.0 Å². The molecule has 0 unspecified atom stereocenters. The van der Waals surface area contributed by atoms with Crippen molar-refractivity contribution >= 4 is 17.3 Å². The number of hydrogen-bond acceptors (Lipinski definition) is 3. The Morgan fingerprint density at radius 2 is 1.53 bits per heavy atom. The molecular weight excluding hydrogens is 439 g/mol. The molecular formula is C27H28F3N3O. The fraction of sp³-hybridized carbons (Fsp3) is 0.296. The van der Waals surface area contributed by atoms with Crippen LogP contribution in [0.5, 0.6) is 0 Å². The van der Waals surface area contributed by atoms with Crippen LogP contribution in [0, 0.1) is 0 Å². The molecule has 0 atom stereocenters. The second-order valence-corrected chi connectivity index (χ2v) is 8.45. The third-order valence-corrected chi connectivity index (χ3v) is 6.10. The van der Waals surface area contributed by atoms with Crippen molar-refractivity contribution in [2.45, 2.75) is 19.5 Å². The van der Waals surface area contributed by atoms with Crippen LogP contribution in [0.4, 0.5) is 24.5 Å². The lowest BCUT2D eigenvalue weighted by Gasteiger charge is -2.36. The standard InChI is InChI=1S/C27H28F3N3O/c1-2-15-32-16-18-33(19-17-32)23-13-11-22(12-14-23)31-26(34)25-6-4-3-5-24(25)20-7-9-21(10-8-20)27(28,29)30/h3-14H,2,15-19H2,1H3,(H,31,34). The monoisotopic (exact) mass is 467 g/mol. The average molecular weight is 468 g/mol. The Bertz CT molecular complexity index is 1100. The molecule has 1 heterocycles. The highest BCUT2D eigenvalue weighted by Gasteiger charge is 2.30. The zero-order valence-electron chi connectivity index (χ0n) is 19.1. The number of piperazine rings is 1. The van der Waals surface area contributed by atoms with Crippen LogP contribution in [-0.2, 0) is 6.18 Å². The summed E-state index contributed by atoms with van der Waals surface area (Å²) in [6, 6.07) is 19.5. The Kier molecular flexibility index (Phi) is 7.22. The third-order valence-electron chi connectivity index (χ3n) is 6.10. The summed E-state index contributed by atoms with van der Waals surface area (Å²) in [5, 5.41) is 2.91. The van der Waals surface area contributed by atoms with Crippen molar-refractivity contribution in [2.24, 2.45) is 0 Å². The maximum absolute atomic E-state index is 13.0. The maximum atomic E-state index is 13.0. The fourth-order valence-corrected chi connectivity index (χ4v) is 4.27. The first-order valence-corrected chi connectivity index (χ1v) is 11.5. The van der Waals surface area contributed by atoms with Gasteiger partial charge in [-0.05, 0) is 66.6 Å². The van der Waals surface area contributed by atoms with E-state index in [9.17, 15) is 18.0 Å². The first-order valence-electron chi connectivity index (χ1n) is 11.5. The first-order chi connectivity index (χ1) is 16.3. The van der Waals surface area contributed by atoms with Gasteiger partial charge < -0.3 is 10.2 Å². The van der Waals surface area contributed by atoms with Gasteiger partial charge >= 0.3 is 6.18 Å². The molecule has 3 aromatic carbocycles. The quantitative estimate of drug-likeness (QED) is 0.472. The maximum Gasteiger partial charge on any atom is 0.416 e. The van der Waals surface area contributed by atoms with Crippen LogP contribution in [0.2, 0.25) is 0 Å². The van der Waals surface area contributed by atoms with Gasteiger partial charge in [0.2, 0.25) is 0 Å². The summed E-state index contributed by atoms with van der Waals surface area (Å²) in [6.07, 6.45) is -3.24. The number of nitrogens with zero attached hydrogens (tertiary/aromatic N) is 2. The molecule has 1 N–H and O–H groups in total. The molecule has 0 aromatic heterocycles. The van der Waals surface area contributed by atoms with E-state index in [4.69, 9.17) is 0 Å². The van der Waals surface area contributed by atoms with Gasteiger partial charge in [0.25, 0.3) is 5.91 Å². The normalized spacial score (nSPS) is 14.8. The minimum atomic E-state index is -4.40. The predicted octanol–water partition coefficient (Wildman–Crippen LogP) is 6.16. The van der Waals surface area contributed by atoms with E-state index in [-0.39, 0.29) is 5.91 Å². The molecule has 0 saturated carbocycles. The molecule has 178 valence electrons. The van der Waals surface area contributed by atoms with Gasteiger partial charge in [-0.25, -0.2) is 0 Å². The molecule has 3 aromatic rings. The number of carbonyl (C=O) groups excluding carboxylic acids is 1. The summed E-state index contributed by atoms with van der Waals surface area (Å²) >= 11 is 0. The molecule has 1 fully saturated rings. The van der Waals surface area contributed by atoms with E-state index in [0.29, 0.717) is 22.4 Å². The summed E-state index contributed by atoms with van der Waals surface area (Å²) in [5.41, 5.74) is 2.61. The number of benzene rings is 3. The number of rotatable bonds is 6. The van der Waals surface area contributed by atoms with Gasteiger partial charge in [-0.2, -0.15) is 13.2 Å². The first kappa shape index (κ1) is 23.8. The minimum absolute atomic E-state index is 0.309. The van der Waals surface area contributed by atoms with Crippen molar-refractivity contribution in [1.82, 2.24) is 4.90 Å². The Balaban J connectivity index is 1.45. The minimum Gasteiger partial charge on any atom is -0.369 e. The lowest BCUT2D eigenvalue weighted by atomic mass is 9.98. The van der Waals surface area contributed by atoms with Crippen LogP contribution in [0.15, 0.2) is 72.8 Å². The Hall–Kier alpha value is -3.32. The molecule has 34 heavy (non-hydrogen) atoms. The molecule has 1 aliphatic heterocycles. The lowest BCUT2D eigenvalue weighted by Crippen LogP contribution is -2.46. The van der Waals surface area contributed by atoms with Gasteiger partial charge in [0.05, 0.1) is 5.56 Å². The highest BCUT2D eigenvalue weighted by molar-refractivity contribution is 6.08. The number of carbonyl (C=O) groups is 1. The van der Waals surface area contributed by atoms with Crippen LogP contribution in [0.25, 0.3) is 11.1 Å². The number of nitrogens with one attached hydrogen (secondary N) is 1. The van der Waals surface area contributed by atoms with Crippen molar-refractivity contribution in [3.8, 4) is 11.1 Å². The SMILES string of the molecule is CCCN1CCN(c2ccc(NC(=O)c3ccccc3-c3ccc(C(F)(F)F)cc3)cc2)CC1. The predicted molar refractivity (Wildman–Crippen MR) is 130 cm³/mol. The van der Waals surface area contributed by atoms with E-state index in [1.54, 1.807) is 24.3 Å². The molecule has 0 aliphatic carbocycles. The Morgan fingerprint density at radius 3 is 2.15 bits per heavy atom. The third kappa shape index (κ3) is 5.59. The van der Waals surface area contributed by atoms with Crippen molar-refractivity contribution in [3.63, 3.8) is 0 Å². The smallest absolute Gasteiger partial charge is 0.369 e. The molecule has 1 aliphatic rings. The second-order valence-electron chi connectivity index (χ2n) is 8.45. The molecule has 1 amide bonds. The lowest BCUT2D eigenvalue weighted by molar-refractivity contribution is -0.137. The molecule has 7 heteroatoms. The fourth-order valence-electron chi connectivity index (χ4n) is 4.27. The van der Waals surface area contributed by atoms with Gasteiger partial charge in [-0.3, -0.25) is 9.69 Å². The Labute approximate surface area is 198 Å². The summed E-state index contributed by atoms with van der Waals surface area (Å²) in [4.78, 5) is 17.8. The summed E-state index contributed by atoms with van der Waals surface area (Å²) in [7, 11) is 0. The highest BCUT2D eigenvalue weighted by atomic mass is 19.4. The van der Waals surface area contributed by atoms with E-state index in [1.807, 2.05) is 24.3 Å². The van der Waals surface area contributed by atoms with Crippen molar-refractivity contribution in [2.75, 3.05) is 42.9 Å². The summed E-state index contributed by atoms with van der Waals surface area (Å²) in [6.45, 7) is 7.38. The highest BCUT2D eigenvalue weighted by Crippen LogP contribution is 2.32. The number of anilines is 2. The van der Waals surface area contributed by atoms with Gasteiger partial charge in [-0.1, -0.05) is 37.3 Å². The largest absolute Gasteiger partial charge is 0.416 e.